The molecule has 5 atom stereocenters. The van der Waals surface area contributed by atoms with Crippen LogP contribution in [0.15, 0.2) is 66.1 Å². The molecule has 16 nitrogen and oxygen atoms in total. The van der Waals surface area contributed by atoms with Crippen molar-refractivity contribution in [2.45, 2.75) is 88.5 Å². The van der Waals surface area contributed by atoms with Crippen molar-refractivity contribution in [1.29, 1.82) is 0 Å². The SMILES string of the molecule is C=C[C@@H]1C[C@]1(NC(=O)[C@@H]1C[C@@H](n2nnc(-c3ccc(OC)c(Cl)c3)n2)CN1C(=O)[C@@H](NC(=O)OC(C)(C)C)C(C)(C)C)C(=O)NS(=O)(=O)c1ccccc1. The molecule has 0 spiro atoms. The molecule has 2 heterocycles. The van der Waals surface area contributed by atoms with Crippen LogP contribution in [-0.2, 0) is 29.1 Å². The van der Waals surface area contributed by atoms with Crippen LogP contribution >= 0.6 is 11.6 Å². The molecule has 54 heavy (non-hydrogen) atoms. The topological polar surface area (TPSA) is 204 Å². The van der Waals surface area contributed by atoms with Crippen molar-refractivity contribution in [2.75, 3.05) is 13.7 Å². The number of methoxy groups -OCH3 is 1. The number of carbonyl (C=O) groups excluding carboxylic acids is 4. The number of likely N-dealkylation sites (tertiary alicyclic amines) is 1. The van der Waals surface area contributed by atoms with E-state index in [1.165, 1.54) is 47.1 Å². The van der Waals surface area contributed by atoms with Crippen LogP contribution in [0.25, 0.3) is 11.4 Å². The van der Waals surface area contributed by atoms with E-state index in [4.69, 9.17) is 21.1 Å². The van der Waals surface area contributed by atoms with Crippen LogP contribution in [0.4, 0.5) is 4.79 Å². The number of benzene rings is 2. The van der Waals surface area contributed by atoms with Crippen molar-refractivity contribution in [3.8, 4) is 17.1 Å². The third kappa shape index (κ3) is 8.67. The molecular formula is C36H45ClN8O8S. The summed E-state index contributed by atoms with van der Waals surface area (Å²) in [6, 6.07) is 9.28. The Labute approximate surface area is 319 Å². The van der Waals surface area contributed by atoms with Crippen molar-refractivity contribution in [2.24, 2.45) is 11.3 Å². The summed E-state index contributed by atoms with van der Waals surface area (Å²) < 4.78 is 39.0. The molecule has 2 aliphatic rings. The van der Waals surface area contributed by atoms with Crippen LogP contribution in [0.1, 0.15) is 60.4 Å². The maximum absolute atomic E-state index is 14.5. The van der Waals surface area contributed by atoms with Gasteiger partial charge < -0.3 is 25.0 Å². The Morgan fingerprint density at radius 2 is 1.76 bits per heavy atom. The molecule has 0 radical (unpaired) electrons. The van der Waals surface area contributed by atoms with Crippen molar-refractivity contribution in [3.63, 3.8) is 0 Å². The third-order valence-electron chi connectivity index (χ3n) is 9.13. The fourth-order valence-corrected chi connectivity index (χ4v) is 7.54. The molecule has 3 aromatic rings. The minimum Gasteiger partial charge on any atom is -0.495 e. The van der Waals surface area contributed by atoms with Gasteiger partial charge in [-0.05, 0) is 68.2 Å². The number of alkyl carbamates (subject to hydrolysis) is 1. The molecule has 2 fully saturated rings. The Balaban J connectivity index is 1.46. The van der Waals surface area contributed by atoms with E-state index in [0.29, 0.717) is 16.3 Å². The number of hydrogen-bond donors (Lipinski definition) is 3. The molecule has 1 saturated heterocycles. The fourth-order valence-electron chi connectivity index (χ4n) is 6.22. The number of halogens is 1. The number of carbonyl (C=O) groups is 4. The van der Waals surface area contributed by atoms with Gasteiger partial charge in [-0.2, -0.15) is 4.80 Å². The number of sulfonamides is 1. The Hall–Kier alpha value is -5.03. The number of ether oxygens (including phenoxy) is 2. The van der Waals surface area contributed by atoms with Gasteiger partial charge in [0.05, 0.1) is 23.1 Å². The predicted molar refractivity (Wildman–Crippen MR) is 198 cm³/mol. The van der Waals surface area contributed by atoms with Crippen LogP contribution < -0.4 is 20.1 Å². The highest BCUT2D eigenvalue weighted by atomic mass is 35.5. The fraction of sp³-hybridized carbons (Fsp3) is 0.472. The summed E-state index contributed by atoms with van der Waals surface area (Å²) in [5.74, 6) is -2.18. The van der Waals surface area contributed by atoms with E-state index in [-0.39, 0.29) is 30.1 Å². The molecule has 4 amide bonds. The second-order valence-electron chi connectivity index (χ2n) is 15.4. The molecule has 0 unspecified atom stereocenters. The van der Waals surface area contributed by atoms with Crippen LogP contribution in [0, 0.1) is 11.3 Å². The van der Waals surface area contributed by atoms with Gasteiger partial charge in [-0.25, -0.2) is 17.9 Å². The van der Waals surface area contributed by atoms with Crippen molar-refractivity contribution in [3.05, 3.63) is 66.2 Å². The summed E-state index contributed by atoms with van der Waals surface area (Å²) in [6.45, 7) is 14.0. The minimum atomic E-state index is -4.28. The first-order valence-corrected chi connectivity index (χ1v) is 19.1. The van der Waals surface area contributed by atoms with E-state index in [9.17, 15) is 27.6 Å². The molecule has 1 saturated carbocycles. The summed E-state index contributed by atoms with van der Waals surface area (Å²) in [7, 11) is -2.79. The van der Waals surface area contributed by atoms with Gasteiger partial charge in [0.25, 0.3) is 15.9 Å². The second kappa shape index (κ2) is 15.0. The first-order chi connectivity index (χ1) is 25.2. The number of nitrogens with one attached hydrogen (secondary N) is 3. The lowest BCUT2D eigenvalue weighted by Crippen LogP contribution is -2.60. The van der Waals surface area contributed by atoms with Gasteiger partial charge in [0.15, 0.2) is 0 Å². The van der Waals surface area contributed by atoms with Gasteiger partial charge >= 0.3 is 6.09 Å². The molecular weight excluding hydrogens is 740 g/mol. The average Bonchev–Trinajstić information content (AvgIpc) is 3.39. The summed E-state index contributed by atoms with van der Waals surface area (Å²) >= 11 is 6.32. The number of rotatable bonds is 11. The van der Waals surface area contributed by atoms with Gasteiger partial charge in [0.1, 0.15) is 29.0 Å². The Morgan fingerprint density at radius 3 is 2.33 bits per heavy atom. The average molecular weight is 785 g/mol. The van der Waals surface area contributed by atoms with Crippen LogP contribution in [-0.4, -0.2) is 94.2 Å². The van der Waals surface area contributed by atoms with Gasteiger partial charge in [0.2, 0.25) is 17.6 Å². The molecule has 5 rings (SSSR count). The normalized spacial score (nSPS) is 21.8. The van der Waals surface area contributed by atoms with Crippen molar-refractivity contribution in [1.82, 2.24) is 40.5 Å². The van der Waals surface area contributed by atoms with Gasteiger partial charge in [-0.3, -0.25) is 14.4 Å². The van der Waals surface area contributed by atoms with E-state index in [1.807, 2.05) is 0 Å². The largest absolute Gasteiger partial charge is 0.495 e. The zero-order valence-electron chi connectivity index (χ0n) is 31.1. The maximum Gasteiger partial charge on any atom is 0.408 e. The minimum absolute atomic E-state index is 0.0151. The van der Waals surface area contributed by atoms with Crippen molar-refractivity contribution >= 4 is 45.4 Å². The maximum atomic E-state index is 14.5. The standard InChI is InChI=1S/C36H45ClN8O8S/c1-9-22-19-36(22,32(48)42-54(50,51)24-13-11-10-12-14-24)39-30(46)26-18-23(45-41-29(40-43-45)21-15-16-27(52-8)25(37)17-21)20-44(26)31(47)28(34(2,3)4)38-33(49)53-35(5,6)7/h9-17,22-23,26,28H,1,18-20H2,2-8H3,(H,38,49)(H,39,46)(H,42,48)/t22-,23-,26+,28-,36-/m1/s1. The highest BCUT2D eigenvalue weighted by Crippen LogP contribution is 2.45. The smallest absolute Gasteiger partial charge is 0.408 e. The van der Waals surface area contributed by atoms with E-state index in [0.717, 1.165) is 0 Å². The van der Waals surface area contributed by atoms with Crippen molar-refractivity contribution < 1.29 is 37.1 Å². The highest BCUT2D eigenvalue weighted by Gasteiger charge is 2.61. The number of aromatic nitrogens is 4. The number of amides is 4. The van der Waals surface area contributed by atoms with Gasteiger partial charge in [-0.15, -0.1) is 16.8 Å². The lowest BCUT2D eigenvalue weighted by molar-refractivity contribution is -0.143. The molecule has 2 aromatic carbocycles. The number of tetrazole rings is 1. The lowest BCUT2D eigenvalue weighted by atomic mass is 9.85. The molecule has 290 valence electrons. The summed E-state index contributed by atoms with van der Waals surface area (Å²) in [6.07, 6.45) is 0.697. The van der Waals surface area contributed by atoms with Gasteiger partial charge in [-0.1, -0.05) is 56.6 Å². The summed E-state index contributed by atoms with van der Waals surface area (Å²) in [5.41, 5.74) is -2.81. The molecule has 3 N–H and O–H groups in total. The highest BCUT2D eigenvalue weighted by molar-refractivity contribution is 7.90. The van der Waals surface area contributed by atoms with E-state index >= 15 is 0 Å². The Bertz CT molecular complexity index is 2050. The van der Waals surface area contributed by atoms with E-state index < -0.39 is 74.4 Å². The summed E-state index contributed by atoms with van der Waals surface area (Å²) in [4.78, 5) is 57.9. The van der Waals surface area contributed by atoms with E-state index in [1.54, 1.807) is 65.8 Å². The first kappa shape index (κ1) is 40.2. The quantitative estimate of drug-likeness (QED) is 0.240. The van der Waals surface area contributed by atoms with Crippen LogP contribution in [0.2, 0.25) is 5.02 Å². The van der Waals surface area contributed by atoms with Gasteiger partial charge in [0, 0.05) is 24.4 Å². The zero-order valence-corrected chi connectivity index (χ0v) is 32.7. The first-order valence-electron chi connectivity index (χ1n) is 17.2. The van der Waals surface area contributed by atoms with Crippen LogP contribution in [0.3, 0.4) is 0 Å². The molecule has 1 aromatic heterocycles. The third-order valence-corrected chi connectivity index (χ3v) is 10.8. The molecule has 1 aliphatic heterocycles. The summed E-state index contributed by atoms with van der Waals surface area (Å²) in [5, 5.41) is 18.7. The Morgan fingerprint density at radius 1 is 1.07 bits per heavy atom. The number of hydrogen-bond acceptors (Lipinski definition) is 11. The lowest BCUT2D eigenvalue weighted by Gasteiger charge is -2.36. The zero-order chi connectivity index (χ0) is 39.8. The van der Waals surface area contributed by atoms with Crippen LogP contribution in [0.5, 0.6) is 5.75 Å². The predicted octanol–water partition coefficient (Wildman–Crippen LogP) is 3.65. The number of nitrogens with zero attached hydrogens (tertiary/aromatic N) is 5. The monoisotopic (exact) mass is 784 g/mol. The second-order valence-corrected chi connectivity index (χ2v) is 17.5. The van der Waals surface area contributed by atoms with E-state index in [2.05, 4.69) is 37.3 Å². The molecule has 18 heteroatoms. The molecule has 1 aliphatic carbocycles. The molecule has 0 bridgehead atoms. The Kier molecular flexibility index (Phi) is 11.2.